The molecule has 0 saturated carbocycles. The van der Waals surface area contributed by atoms with Crippen LogP contribution in [0.15, 0.2) is 12.3 Å². The topological polar surface area (TPSA) is 36.7 Å². The summed E-state index contributed by atoms with van der Waals surface area (Å²) in [6.07, 6.45) is 1.66. The second kappa shape index (κ2) is 3.57. The third-order valence-corrected chi connectivity index (χ3v) is 4.32. The molecule has 0 aliphatic carbocycles. The van der Waals surface area contributed by atoms with Gasteiger partial charge in [-0.2, -0.15) is 5.26 Å². The van der Waals surface area contributed by atoms with E-state index < -0.39 is 0 Å². The molecule has 0 radical (unpaired) electrons. The van der Waals surface area contributed by atoms with Gasteiger partial charge in [0.05, 0.1) is 15.8 Å². The predicted molar refractivity (Wildman–Crippen MR) is 67.8 cm³/mol. The third-order valence-electron chi connectivity index (χ3n) is 2.65. The highest BCUT2D eigenvalue weighted by Crippen LogP contribution is 2.35. The molecule has 0 N–H and O–H groups in total. The quantitative estimate of drug-likeness (QED) is 0.690. The molecule has 0 unspecified atom stereocenters. The van der Waals surface area contributed by atoms with E-state index in [0.717, 1.165) is 15.8 Å². The van der Waals surface area contributed by atoms with Gasteiger partial charge in [-0.05, 0) is 24.0 Å². The molecule has 0 spiro atoms. The van der Waals surface area contributed by atoms with E-state index in [1.807, 2.05) is 6.92 Å². The first-order chi connectivity index (χ1) is 7.43. The maximum Gasteiger partial charge on any atom is 0.101 e. The zero-order valence-corrected chi connectivity index (χ0v) is 10.8. The normalized spacial score (nSPS) is 11.7. The van der Waals surface area contributed by atoms with Crippen molar-refractivity contribution in [1.82, 2.24) is 4.98 Å². The maximum absolute atomic E-state index is 8.96. The van der Waals surface area contributed by atoms with Gasteiger partial charge in [0.2, 0.25) is 0 Å². The number of hydrogen-bond acceptors (Lipinski definition) is 3. The molecule has 0 bridgehead atoms. The molecular weight excluding hydrogens is 216 g/mol. The second-order valence-corrected chi connectivity index (χ2v) is 6.04. The summed E-state index contributed by atoms with van der Waals surface area (Å²) in [5.41, 5.74) is 2.87. The molecule has 2 aromatic rings. The number of rotatable bonds is 0. The molecule has 0 saturated heterocycles. The van der Waals surface area contributed by atoms with Gasteiger partial charge in [-0.25, -0.2) is 0 Å². The van der Waals surface area contributed by atoms with Crippen molar-refractivity contribution in [2.45, 2.75) is 33.1 Å². The highest BCUT2D eigenvalue weighted by Gasteiger charge is 2.18. The minimum atomic E-state index is 0.143. The summed E-state index contributed by atoms with van der Waals surface area (Å²) in [7, 11) is 0. The van der Waals surface area contributed by atoms with Crippen LogP contribution < -0.4 is 0 Å². The first-order valence-electron chi connectivity index (χ1n) is 5.23. The Hall–Kier alpha value is -1.40. The van der Waals surface area contributed by atoms with E-state index in [1.165, 1.54) is 4.88 Å². The molecule has 3 heteroatoms. The third kappa shape index (κ3) is 1.70. The molecule has 0 aliphatic rings. The minimum Gasteiger partial charge on any atom is -0.254 e. The Morgan fingerprint density at radius 3 is 2.62 bits per heavy atom. The lowest BCUT2D eigenvalue weighted by Crippen LogP contribution is -2.07. The fourth-order valence-corrected chi connectivity index (χ4v) is 2.76. The number of aromatic nitrogens is 1. The van der Waals surface area contributed by atoms with Crippen molar-refractivity contribution in [2.75, 3.05) is 0 Å². The van der Waals surface area contributed by atoms with Crippen molar-refractivity contribution in [3.05, 3.63) is 28.3 Å². The first-order valence-corrected chi connectivity index (χ1v) is 6.05. The van der Waals surface area contributed by atoms with Crippen LogP contribution in [0.1, 0.15) is 36.8 Å². The van der Waals surface area contributed by atoms with Crippen molar-refractivity contribution in [3.8, 4) is 6.07 Å². The minimum absolute atomic E-state index is 0.143. The van der Waals surface area contributed by atoms with Gasteiger partial charge < -0.3 is 0 Å². The summed E-state index contributed by atoms with van der Waals surface area (Å²) < 4.78 is 1.14. The second-order valence-electron chi connectivity index (χ2n) is 4.98. The Bertz CT molecular complexity index is 582. The van der Waals surface area contributed by atoms with Gasteiger partial charge in [0.1, 0.15) is 6.07 Å². The van der Waals surface area contributed by atoms with Gasteiger partial charge >= 0.3 is 0 Å². The van der Waals surface area contributed by atoms with E-state index in [0.29, 0.717) is 5.56 Å². The van der Waals surface area contributed by atoms with Crippen molar-refractivity contribution >= 4 is 21.6 Å². The van der Waals surface area contributed by atoms with Crippen molar-refractivity contribution < 1.29 is 0 Å². The molecule has 2 heterocycles. The number of nitrogens with zero attached hydrogens (tertiary/aromatic N) is 2. The highest BCUT2D eigenvalue weighted by atomic mass is 32.1. The van der Waals surface area contributed by atoms with Crippen molar-refractivity contribution in [3.63, 3.8) is 0 Å². The molecule has 82 valence electrons. The zero-order chi connectivity index (χ0) is 11.9. The number of aryl methyl sites for hydroxylation is 1. The van der Waals surface area contributed by atoms with Crippen LogP contribution in [0.2, 0.25) is 0 Å². The van der Waals surface area contributed by atoms with Gasteiger partial charge in [-0.15, -0.1) is 11.3 Å². The Labute approximate surface area is 99.6 Å². The van der Waals surface area contributed by atoms with E-state index in [9.17, 15) is 0 Å². The maximum atomic E-state index is 8.96. The lowest BCUT2D eigenvalue weighted by Gasteiger charge is -2.14. The Morgan fingerprint density at radius 1 is 1.38 bits per heavy atom. The average molecular weight is 230 g/mol. The van der Waals surface area contributed by atoms with Crippen LogP contribution >= 0.6 is 11.3 Å². The summed E-state index contributed by atoms with van der Waals surface area (Å²) in [6.45, 7) is 8.57. The van der Waals surface area contributed by atoms with E-state index in [2.05, 4.69) is 37.9 Å². The first kappa shape index (κ1) is 11.1. The van der Waals surface area contributed by atoms with Gasteiger partial charge in [-0.1, -0.05) is 20.8 Å². The van der Waals surface area contributed by atoms with E-state index in [4.69, 9.17) is 5.26 Å². The molecule has 2 aromatic heterocycles. The number of thiophene rings is 1. The molecule has 2 rings (SSSR count). The highest BCUT2D eigenvalue weighted by molar-refractivity contribution is 7.19. The SMILES string of the molecule is Cc1c(C#N)cnc2cc(C(C)(C)C)sc12. The summed E-state index contributed by atoms with van der Waals surface area (Å²) >= 11 is 1.75. The molecule has 0 aromatic carbocycles. The molecule has 0 aliphatic heterocycles. The van der Waals surface area contributed by atoms with Crippen molar-refractivity contribution in [1.29, 1.82) is 5.26 Å². The summed E-state index contributed by atoms with van der Waals surface area (Å²) in [6, 6.07) is 4.31. The molecule has 2 nitrogen and oxygen atoms in total. The number of fused-ring (bicyclic) bond motifs is 1. The van der Waals surface area contributed by atoms with Crippen LogP contribution in [-0.4, -0.2) is 4.98 Å². The number of pyridine rings is 1. The van der Waals surface area contributed by atoms with Gasteiger partial charge in [0.25, 0.3) is 0 Å². The average Bonchev–Trinajstić information content (AvgIpc) is 2.62. The van der Waals surface area contributed by atoms with Crippen LogP contribution in [0.3, 0.4) is 0 Å². The van der Waals surface area contributed by atoms with E-state index in [-0.39, 0.29) is 5.41 Å². The smallest absolute Gasteiger partial charge is 0.101 e. The number of nitriles is 1. The van der Waals surface area contributed by atoms with Gasteiger partial charge in [0.15, 0.2) is 0 Å². The van der Waals surface area contributed by atoms with E-state index >= 15 is 0 Å². The molecule has 0 atom stereocenters. The van der Waals surface area contributed by atoms with Crippen molar-refractivity contribution in [2.24, 2.45) is 0 Å². The standard InChI is InChI=1S/C13H14N2S/c1-8-9(6-14)7-15-10-5-11(13(2,3)4)16-12(8)10/h5,7H,1-4H3. The number of hydrogen-bond donors (Lipinski definition) is 0. The lowest BCUT2D eigenvalue weighted by molar-refractivity contribution is 0.604. The summed E-state index contributed by atoms with van der Waals surface area (Å²) in [5.74, 6) is 0. The van der Waals surface area contributed by atoms with Gasteiger partial charge in [-0.3, -0.25) is 4.98 Å². The molecule has 0 fully saturated rings. The van der Waals surface area contributed by atoms with Crippen LogP contribution in [-0.2, 0) is 5.41 Å². The van der Waals surface area contributed by atoms with Crippen LogP contribution in [0, 0.1) is 18.3 Å². The Morgan fingerprint density at radius 2 is 2.06 bits per heavy atom. The largest absolute Gasteiger partial charge is 0.254 e. The fourth-order valence-electron chi connectivity index (χ4n) is 1.58. The Balaban J connectivity index is 2.73. The molecular formula is C13H14N2S. The zero-order valence-electron chi connectivity index (χ0n) is 9.96. The monoisotopic (exact) mass is 230 g/mol. The van der Waals surface area contributed by atoms with E-state index in [1.54, 1.807) is 17.5 Å². The molecule has 16 heavy (non-hydrogen) atoms. The summed E-state index contributed by atoms with van der Waals surface area (Å²) in [4.78, 5) is 5.65. The van der Waals surface area contributed by atoms with Crippen LogP contribution in [0.5, 0.6) is 0 Å². The lowest BCUT2D eigenvalue weighted by atomic mass is 9.95. The molecule has 0 amide bonds. The van der Waals surface area contributed by atoms with Gasteiger partial charge in [0, 0.05) is 11.1 Å². The van der Waals surface area contributed by atoms with Crippen LogP contribution in [0.4, 0.5) is 0 Å². The fraction of sp³-hybridized carbons (Fsp3) is 0.385. The van der Waals surface area contributed by atoms with Crippen LogP contribution in [0.25, 0.3) is 10.2 Å². The summed E-state index contributed by atoms with van der Waals surface area (Å²) in [5, 5.41) is 8.96. The predicted octanol–water partition coefficient (Wildman–Crippen LogP) is 3.77. The Kier molecular flexibility index (Phi) is 2.47.